The number of ether oxygens (including phenoxy) is 2. The number of anilines is 1. The quantitative estimate of drug-likeness (QED) is 0.0808. The number of hydrazine groups is 1. The first kappa shape index (κ1) is 34.8. The second-order valence-electron chi connectivity index (χ2n) is 11.0. The summed E-state index contributed by atoms with van der Waals surface area (Å²) in [5.74, 6) is 0.437. The Morgan fingerprint density at radius 2 is 1.39 bits per heavy atom. The number of sulfone groups is 1. The fraction of sp³-hybridized carbons (Fsp3) is 0.457. The van der Waals surface area contributed by atoms with Crippen molar-refractivity contribution in [2.75, 3.05) is 12.0 Å². The molecule has 44 heavy (non-hydrogen) atoms. The summed E-state index contributed by atoms with van der Waals surface area (Å²) >= 11 is 0. The van der Waals surface area contributed by atoms with E-state index in [0.717, 1.165) is 50.7 Å². The van der Waals surface area contributed by atoms with Crippen LogP contribution < -0.4 is 20.3 Å². The Hall–Kier alpha value is -3.72. The number of hydrogen-bond donors (Lipinski definition) is 3. The molecule has 3 rings (SSSR count). The molecule has 0 aliphatic heterocycles. The molecule has 3 aromatic rings. The van der Waals surface area contributed by atoms with Crippen LogP contribution in [-0.4, -0.2) is 32.1 Å². The molecular formula is C35H48N2O6S. The van der Waals surface area contributed by atoms with Crippen LogP contribution in [0.1, 0.15) is 90.9 Å². The number of amides is 1. The first-order chi connectivity index (χ1) is 21.3. The lowest BCUT2D eigenvalue weighted by molar-refractivity contribution is -0.127. The first-order valence-electron chi connectivity index (χ1n) is 15.9. The van der Waals surface area contributed by atoms with Gasteiger partial charge in [0.1, 0.15) is 22.1 Å². The van der Waals surface area contributed by atoms with Crippen molar-refractivity contribution in [2.45, 2.75) is 107 Å². The molecule has 240 valence electrons. The predicted molar refractivity (Wildman–Crippen MR) is 175 cm³/mol. The summed E-state index contributed by atoms with van der Waals surface area (Å²) < 4.78 is 38.9. The summed E-state index contributed by atoms with van der Waals surface area (Å²) in [6.07, 6.45) is 11.7. The Kier molecular flexibility index (Phi) is 14.9. The van der Waals surface area contributed by atoms with E-state index < -0.39 is 21.8 Å². The normalized spacial score (nSPS) is 12.0. The minimum Gasteiger partial charge on any atom is -0.508 e. The highest BCUT2D eigenvalue weighted by Gasteiger charge is 2.26. The first-order valence-corrected chi connectivity index (χ1v) is 17.4. The third-order valence-electron chi connectivity index (χ3n) is 7.37. The van der Waals surface area contributed by atoms with Crippen LogP contribution in [0.3, 0.4) is 0 Å². The van der Waals surface area contributed by atoms with Gasteiger partial charge in [0.2, 0.25) is 9.84 Å². The highest BCUT2D eigenvalue weighted by molar-refractivity contribution is 7.91. The number of carbonyl (C=O) groups excluding carboxylic acids is 1. The Morgan fingerprint density at radius 1 is 0.773 bits per heavy atom. The molecule has 9 heteroatoms. The zero-order valence-electron chi connectivity index (χ0n) is 26.1. The number of phenols is 1. The number of benzene rings is 3. The number of nitrogens with one attached hydrogen (secondary N) is 2. The van der Waals surface area contributed by atoms with Gasteiger partial charge in [-0.15, -0.1) is 0 Å². The molecule has 0 saturated heterocycles. The summed E-state index contributed by atoms with van der Waals surface area (Å²) in [5.41, 5.74) is 6.36. The van der Waals surface area contributed by atoms with Crippen LogP contribution in [0.4, 0.5) is 5.69 Å². The van der Waals surface area contributed by atoms with Crippen LogP contribution in [0, 0.1) is 0 Å². The molecule has 1 unspecified atom stereocenters. The number of aromatic hydroxyl groups is 1. The molecule has 0 saturated carbocycles. The van der Waals surface area contributed by atoms with Crippen LogP contribution in [-0.2, 0) is 14.6 Å². The van der Waals surface area contributed by atoms with Crippen molar-refractivity contribution < 1.29 is 27.8 Å². The minimum absolute atomic E-state index is 0.0230. The lowest BCUT2D eigenvalue weighted by Crippen LogP contribution is -2.41. The maximum atomic E-state index is 13.5. The molecule has 3 N–H and O–H groups in total. The third kappa shape index (κ3) is 11.4. The maximum Gasteiger partial charge on any atom is 0.279 e. The monoisotopic (exact) mass is 624 g/mol. The van der Waals surface area contributed by atoms with E-state index in [9.17, 15) is 18.3 Å². The fourth-order valence-corrected chi connectivity index (χ4v) is 6.16. The summed E-state index contributed by atoms with van der Waals surface area (Å²) in [4.78, 5) is 13.4. The topological polar surface area (TPSA) is 114 Å². The second kappa shape index (κ2) is 18.8. The molecule has 3 aromatic carbocycles. The molecule has 0 aliphatic rings. The average molecular weight is 625 g/mol. The Bertz CT molecular complexity index is 1360. The van der Waals surface area contributed by atoms with Crippen LogP contribution in [0.25, 0.3) is 0 Å². The second-order valence-corrected chi connectivity index (χ2v) is 12.9. The van der Waals surface area contributed by atoms with E-state index in [-0.39, 0.29) is 21.3 Å². The van der Waals surface area contributed by atoms with Crippen molar-refractivity contribution in [3.05, 3.63) is 72.8 Å². The molecule has 0 aromatic heterocycles. The van der Waals surface area contributed by atoms with Crippen molar-refractivity contribution in [1.82, 2.24) is 5.43 Å². The number of carbonyl (C=O) groups is 1. The smallest absolute Gasteiger partial charge is 0.279 e. The maximum absolute atomic E-state index is 13.5. The van der Waals surface area contributed by atoms with Crippen LogP contribution in [0.5, 0.6) is 17.2 Å². The van der Waals surface area contributed by atoms with E-state index in [0.29, 0.717) is 18.7 Å². The van der Waals surface area contributed by atoms with Crippen LogP contribution in [0.2, 0.25) is 0 Å². The summed E-state index contributed by atoms with van der Waals surface area (Å²) in [5, 5.41) is 9.62. The largest absolute Gasteiger partial charge is 0.508 e. The Balaban J connectivity index is 1.68. The lowest BCUT2D eigenvalue weighted by atomic mass is 10.1. The Labute approximate surface area is 263 Å². The van der Waals surface area contributed by atoms with Gasteiger partial charge in [-0.3, -0.25) is 15.6 Å². The number of para-hydroxylation sites is 1. The van der Waals surface area contributed by atoms with Gasteiger partial charge in [-0.2, -0.15) is 0 Å². The van der Waals surface area contributed by atoms with Gasteiger partial charge < -0.3 is 14.6 Å². The molecule has 0 spiro atoms. The van der Waals surface area contributed by atoms with Crippen molar-refractivity contribution >= 4 is 21.4 Å². The van der Waals surface area contributed by atoms with E-state index in [1.54, 1.807) is 18.2 Å². The molecule has 1 amide bonds. The number of phenolic OH excluding ortho intramolecular Hbond substituents is 1. The van der Waals surface area contributed by atoms with E-state index in [2.05, 4.69) is 24.7 Å². The molecule has 0 aliphatic carbocycles. The van der Waals surface area contributed by atoms with Gasteiger partial charge in [0.15, 0.2) is 6.10 Å². The van der Waals surface area contributed by atoms with Crippen molar-refractivity contribution in [3.63, 3.8) is 0 Å². The van der Waals surface area contributed by atoms with Crippen LogP contribution >= 0.6 is 0 Å². The SMILES string of the molecule is CCCCCCCCCCC(Oc1ccccc1S(=O)(=O)c1ccc(O)cc1)C(=O)NNc1ccc(OCCCCC)cc1. The number of rotatable bonds is 21. The minimum atomic E-state index is -3.96. The molecular weight excluding hydrogens is 576 g/mol. The van der Waals surface area contributed by atoms with Crippen molar-refractivity contribution in [1.29, 1.82) is 0 Å². The van der Waals surface area contributed by atoms with E-state index in [4.69, 9.17) is 9.47 Å². The molecule has 0 radical (unpaired) electrons. The van der Waals surface area contributed by atoms with Gasteiger partial charge in [-0.1, -0.05) is 83.8 Å². The van der Waals surface area contributed by atoms with Crippen molar-refractivity contribution in [3.8, 4) is 17.2 Å². The Morgan fingerprint density at radius 3 is 2.07 bits per heavy atom. The summed E-state index contributed by atoms with van der Waals surface area (Å²) in [6.45, 7) is 5.02. The van der Waals surface area contributed by atoms with Gasteiger partial charge >= 0.3 is 0 Å². The average Bonchev–Trinajstić information content (AvgIpc) is 3.03. The van der Waals surface area contributed by atoms with Gasteiger partial charge in [0.05, 0.1) is 17.2 Å². The van der Waals surface area contributed by atoms with E-state index >= 15 is 0 Å². The molecule has 0 heterocycles. The van der Waals surface area contributed by atoms with Gasteiger partial charge in [-0.05, 0) is 79.9 Å². The van der Waals surface area contributed by atoms with E-state index in [1.165, 1.54) is 56.0 Å². The standard InChI is InChI=1S/C35H48N2O6S/c1-3-5-7-8-9-10-11-12-17-33(35(39)37-36-28-19-23-30(24-20-28)42-27-15-6-4-2)43-32-16-13-14-18-34(32)44(40,41)31-25-21-29(38)22-26-31/h13-14,16,18-26,33,36,38H,3-12,15,17,27H2,1-2H3,(H,37,39). The summed E-state index contributed by atoms with van der Waals surface area (Å²) in [6, 6.07) is 19.0. The zero-order chi connectivity index (χ0) is 31.6. The molecule has 8 nitrogen and oxygen atoms in total. The number of unbranched alkanes of at least 4 members (excludes halogenated alkanes) is 9. The fourth-order valence-electron chi connectivity index (χ4n) is 4.77. The highest BCUT2D eigenvalue weighted by Crippen LogP contribution is 2.31. The molecule has 1 atom stereocenters. The van der Waals surface area contributed by atoms with E-state index in [1.807, 2.05) is 24.3 Å². The molecule has 0 bridgehead atoms. The number of hydrogen-bond acceptors (Lipinski definition) is 7. The van der Waals surface area contributed by atoms with Gasteiger partial charge in [0, 0.05) is 0 Å². The van der Waals surface area contributed by atoms with Gasteiger partial charge in [0.25, 0.3) is 5.91 Å². The highest BCUT2D eigenvalue weighted by atomic mass is 32.2. The zero-order valence-corrected chi connectivity index (χ0v) is 26.9. The van der Waals surface area contributed by atoms with Crippen LogP contribution in [0.15, 0.2) is 82.6 Å². The third-order valence-corrected chi connectivity index (χ3v) is 9.18. The van der Waals surface area contributed by atoms with Crippen molar-refractivity contribution in [2.24, 2.45) is 0 Å². The lowest BCUT2D eigenvalue weighted by Gasteiger charge is -2.21. The summed E-state index contributed by atoms with van der Waals surface area (Å²) in [7, 11) is -3.96. The molecule has 0 fully saturated rings. The predicted octanol–water partition coefficient (Wildman–Crippen LogP) is 8.22. The van der Waals surface area contributed by atoms with Gasteiger partial charge in [-0.25, -0.2) is 8.42 Å².